The van der Waals surface area contributed by atoms with Crippen LogP contribution in [0.4, 0.5) is 0 Å². The van der Waals surface area contributed by atoms with Gasteiger partial charge in [-0.05, 0) is 23.8 Å². The Hall–Kier alpha value is -1.57. The molecule has 1 aromatic carbocycles. The van der Waals surface area contributed by atoms with E-state index in [1.165, 1.54) is 5.56 Å². The van der Waals surface area contributed by atoms with Crippen LogP contribution in [0, 0.1) is 5.92 Å². The molecule has 0 aliphatic carbocycles. The highest BCUT2D eigenvalue weighted by Crippen LogP contribution is 2.32. The van der Waals surface area contributed by atoms with Crippen LogP contribution in [0.15, 0.2) is 52.2 Å². The van der Waals surface area contributed by atoms with Crippen molar-refractivity contribution in [2.75, 3.05) is 20.1 Å². The van der Waals surface area contributed by atoms with Crippen molar-refractivity contribution in [1.29, 1.82) is 0 Å². The van der Waals surface area contributed by atoms with Gasteiger partial charge in [-0.3, -0.25) is 4.99 Å². The van der Waals surface area contributed by atoms with Crippen molar-refractivity contribution in [2.24, 2.45) is 10.9 Å². The average molecular weight is 440 g/mol. The van der Waals surface area contributed by atoms with Crippen LogP contribution < -0.4 is 5.32 Å². The van der Waals surface area contributed by atoms with Crippen molar-refractivity contribution in [3.63, 3.8) is 0 Å². The van der Waals surface area contributed by atoms with E-state index in [0.717, 1.165) is 31.2 Å². The Morgan fingerprint density at radius 3 is 2.75 bits per heavy atom. The zero-order valence-electron chi connectivity index (χ0n) is 14.2. The van der Waals surface area contributed by atoms with Gasteiger partial charge >= 0.3 is 0 Å². The van der Waals surface area contributed by atoms with Gasteiger partial charge in [0.2, 0.25) is 0 Å². The van der Waals surface area contributed by atoms with Crippen LogP contribution in [-0.2, 0) is 6.54 Å². The highest BCUT2D eigenvalue weighted by atomic mass is 127. The van der Waals surface area contributed by atoms with Crippen LogP contribution in [0.25, 0.3) is 0 Å². The lowest BCUT2D eigenvalue weighted by Crippen LogP contribution is -2.47. The molecule has 1 aromatic heterocycles. The number of rotatable bonds is 3. The summed E-state index contributed by atoms with van der Waals surface area (Å²) in [6.45, 7) is 4.99. The first-order valence-electron chi connectivity index (χ1n) is 8.17. The molecule has 1 aliphatic heterocycles. The summed E-state index contributed by atoms with van der Waals surface area (Å²) in [5.41, 5.74) is 2.34. The van der Waals surface area contributed by atoms with Gasteiger partial charge in [-0.25, -0.2) is 0 Å². The lowest BCUT2D eigenvalue weighted by atomic mass is 9.82. The Labute approximate surface area is 160 Å². The Morgan fingerprint density at radius 2 is 2.12 bits per heavy atom. The van der Waals surface area contributed by atoms with Crippen molar-refractivity contribution in [2.45, 2.75) is 25.8 Å². The molecular weight excluding hydrogens is 415 g/mol. The van der Waals surface area contributed by atoms with E-state index in [0.29, 0.717) is 18.4 Å². The van der Waals surface area contributed by atoms with Crippen molar-refractivity contribution in [1.82, 2.24) is 15.4 Å². The molecule has 3 rings (SSSR count). The smallest absolute Gasteiger partial charge is 0.193 e. The van der Waals surface area contributed by atoms with Crippen LogP contribution in [0.1, 0.15) is 30.5 Å². The van der Waals surface area contributed by atoms with Gasteiger partial charge in [-0.2, -0.15) is 0 Å². The Bertz CT molecular complexity index is 630. The summed E-state index contributed by atoms with van der Waals surface area (Å²) in [4.78, 5) is 6.75. The second kappa shape index (κ2) is 9.05. The van der Waals surface area contributed by atoms with Crippen LogP contribution in [0.5, 0.6) is 0 Å². The maximum Gasteiger partial charge on any atom is 0.193 e. The molecule has 0 spiro atoms. The zero-order chi connectivity index (χ0) is 16.1. The molecule has 1 fully saturated rings. The quantitative estimate of drug-likeness (QED) is 0.451. The SMILES string of the molecule is CN=C(NCc1ccon1)N1CCC(c2ccccc2)C(C)C1.I. The topological polar surface area (TPSA) is 53.7 Å². The maximum absolute atomic E-state index is 4.86. The second-order valence-electron chi connectivity index (χ2n) is 6.12. The first-order chi connectivity index (χ1) is 11.3. The summed E-state index contributed by atoms with van der Waals surface area (Å²) in [5.74, 6) is 2.16. The Morgan fingerprint density at radius 1 is 1.33 bits per heavy atom. The minimum absolute atomic E-state index is 0. The first kappa shape index (κ1) is 18.8. The molecule has 6 heteroatoms. The number of aromatic nitrogens is 1. The van der Waals surface area contributed by atoms with Crippen LogP contribution >= 0.6 is 24.0 Å². The summed E-state index contributed by atoms with van der Waals surface area (Å²) in [6.07, 6.45) is 2.74. The number of nitrogens with one attached hydrogen (secondary N) is 1. The maximum atomic E-state index is 4.86. The van der Waals surface area contributed by atoms with E-state index in [-0.39, 0.29) is 24.0 Å². The fourth-order valence-electron chi connectivity index (χ4n) is 3.36. The predicted octanol–water partition coefficient (Wildman–Crippen LogP) is 3.49. The number of hydrogen-bond donors (Lipinski definition) is 1. The summed E-state index contributed by atoms with van der Waals surface area (Å²) in [7, 11) is 1.83. The summed E-state index contributed by atoms with van der Waals surface area (Å²) in [6, 6.07) is 12.7. The van der Waals surface area contributed by atoms with E-state index in [4.69, 9.17) is 4.52 Å². The number of aliphatic imine (C=N–C) groups is 1. The molecule has 0 saturated carbocycles. The molecule has 0 bridgehead atoms. The monoisotopic (exact) mass is 440 g/mol. The highest BCUT2D eigenvalue weighted by molar-refractivity contribution is 14.0. The van der Waals surface area contributed by atoms with Crippen molar-refractivity contribution >= 4 is 29.9 Å². The van der Waals surface area contributed by atoms with Gasteiger partial charge in [0.25, 0.3) is 0 Å². The number of benzene rings is 1. The molecule has 2 aromatic rings. The van der Waals surface area contributed by atoms with Gasteiger partial charge in [0, 0.05) is 26.2 Å². The molecule has 0 amide bonds. The van der Waals surface area contributed by atoms with E-state index in [9.17, 15) is 0 Å². The van der Waals surface area contributed by atoms with Gasteiger partial charge < -0.3 is 14.7 Å². The number of guanidine groups is 1. The standard InChI is InChI=1S/C18H24N4O.HI/c1-14-13-22(10-8-17(14)15-6-4-3-5-7-15)18(19-2)20-12-16-9-11-23-21-16;/h3-7,9,11,14,17H,8,10,12-13H2,1-2H3,(H,19,20);1H. The largest absolute Gasteiger partial charge is 0.364 e. The fourth-order valence-corrected chi connectivity index (χ4v) is 3.36. The van der Waals surface area contributed by atoms with Crippen molar-refractivity contribution in [3.8, 4) is 0 Å². The molecule has 130 valence electrons. The Balaban J connectivity index is 0.00000208. The number of nitrogens with zero attached hydrogens (tertiary/aromatic N) is 3. The molecule has 1 saturated heterocycles. The Kier molecular flexibility index (Phi) is 7.08. The minimum atomic E-state index is 0. The van der Waals surface area contributed by atoms with E-state index < -0.39 is 0 Å². The molecule has 24 heavy (non-hydrogen) atoms. The molecule has 1 aliphatic rings. The molecule has 2 heterocycles. The third kappa shape index (κ3) is 4.49. The van der Waals surface area contributed by atoms with E-state index in [1.807, 2.05) is 13.1 Å². The van der Waals surface area contributed by atoms with Crippen molar-refractivity contribution in [3.05, 3.63) is 53.9 Å². The van der Waals surface area contributed by atoms with E-state index in [2.05, 4.69) is 57.6 Å². The molecule has 1 N–H and O–H groups in total. The van der Waals surface area contributed by atoms with E-state index >= 15 is 0 Å². The molecule has 5 nitrogen and oxygen atoms in total. The van der Waals surface area contributed by atoms with Crippen LogP contribution in [0.3, 0.4) is 0 Å². The fraction of sp³-hybridized carbons (Fsp3) is 0.444. The number of piperidine rings is 1. The van der Waals surface area contributed by atoms with Crippen LogP contribution in [0.2, 0.25) is 0 Å². The molecular formula is C18H25IN4O. The highest BCUT2D eigenvalue weighted by Gasteiger charge is 2.28. The lowest BCUT2D eigenvalue weighted by Gasteiger charge is -2.38. The van der Waals surface area contributed by atoms with Crippen molar-refractivity contribution < 1.29 is 4.52 Å². The predicted molar refractivity (Wildman–Crippen MR) is 107 cm³/mol. The third-order valence-corrected chi connectivity index (χ3v) is 4.56. The number of likely N-dealkylation sites (tertiary alicyclic amines) is 1. The second-order valence-corrected chi connectivity index (χ2v) is 6.12. The lowest BCUT2D eigenvalue weighted by molar-refractivity contribution is 0.234. The molecule has 0 radical (unpaired) electrons. The van der Waals surface area contributed by atoms with Crippen LogP contribution in [-0.4, -0.2) is 36.2 Å². The molecule has 2 atom stereocenters. The van der Waals surface area contributed by atoms with Gasteiger partial charge in [0.05, 0.1) is 6.54 Å². The van der Waals surface area contributed by atoms with E-state index in [1.54, 1.807) is 6.26 Å². The summed E-state index contributed by atoms with van der Waals surface area (Å²) < 4.78 is 4.86. The van der Waals surface area contributed by atoms with Gasteiger partial charge in [-0.15, -0.1) is 24.0 Å². The van der Waals surface area contributed by atoms with Gasteiger partial charge in [0.15, 0.2) is 5.96 Å². The first-order valence-corrected chi connectivity index (χ1v) is 8.17. The van der Waals surface area contributed by atoms with Gasteiger partial charge in [0.1, 0.15) is 12.0 Å². The average Bonchev–Trinajstić information content (AvgIpc) is 3.10. The molecule has 2 unspecified atom stereocenters. The zero-order valence-corrected chi connectivity index (χ0v) is 16.5. The normalized spacial score (nSPS) is 21.2. The minimum Gasteiger partial charge on any atom is -0.364 e. The van der Waals surface area contributed by atoms with Gasteiger partial charge in [-0.1, -0.05) is 42.4 Å². The summed E-state index contributed by atoms with van der Waals surface area (Å²) >= 11 is 0. The number of hydrogen-bond acceptors (Lipinski definition) is 3. The third-order valence-electron chi connectivity index (χ3n) is 4.56. The number of halogens is 1. The summed E-state index contributed by atoms with van der Waals surface area (Å²) in [5, 5.41) is 7.29.